The molecule has 0 aromatic heterocycles. The van der Waals surface area contributed by atoms with Crippen LogP contribution in [-0.2, 0) is 6.54 Å². The second-order valence-corrected chi connectivity index (χ2v) is 5.20. The van der Waals surface area contributed by atoms with E-state index in [2.05, 4.69) is 19.2 Å². The summed E-state index contributed by atoms with van der Waals surface area (Å²) in [6.45, 7) is 6.52. The first-order chi connectivity index (χ1) is 10.2. The van der Waals surface area contributed by atoms with Gasteiger partial charge in [-0.1, -0.05) is 38.8 Å². The van der Waals surface area contributed by atoms with Crippen molar-refractivity contribution in [2.75, 3.05) is 20.2 Å². The van der Waals surface area contributed by atoms with Crippen molar-refractivity contribution < 1.29 is 9.53 Å². The maximum atomic E-state index is 12.2. The molecule has 2 amide bonds. The summed E-state index contributed by atoms with van der Waals surface area (Å²) in [6, 6.07) is 7.80. The van der Waals surface area contributed by atoms with Crippen molar-refractivity contribution in [2.24, 2.45) is 0 Å². The van der Waals surface area contributed by atoms with Crippen LogP contribution in [0.4, 0.5) is 4.79 Å². The van der Waals surface area contributed by atoms with Crippen LogP contribution < -0.4 is 10.1 Å². The number of hydrogen-bond acceptors (Lipinski definition) is 2. The minimum Gasteiger partial charge on any atom is -0.497 e. The van der Waals surface area contributed by atoms with Crippen LogP contribution in [0.1, 0.15) is 45.1 Å². The van der Waals surface area contributed by atoms with Crippen LogP contribution in [-0.4, -0.2) is 31.1 Å². The van der Waals surface area contributed by atoms with Gasteiger partial charge in [0.25, 0.3) is 0 Å². The molecule has 0 radical (unpaired) electrons. The smallest absolute Gasteiger partial charge is 0.317 e. The third kappa shape index (κ3) is 6.52. The molecule has 0 saturated carbocycles. The molecule has 0 spiro atoms. The number of benzene rings is 1. The summed E-state index contributed by atoms with van der Waals surface area (Å²) < 4.78 is 5.13. The van der Waals surface area contributed by atoms with Crippen molar-refractivity contribution in [3.63, 3.8) is 0 Å². The molecule has 0 aliphatic rings. The Kier molecular flexibility index (Phi) is 8.32. The van der Waals surface area contributed by atoms with Gasteiger partial charge in [0.2, 0.25) is 0 Å². The second kappa shape index (κ2) is 10.1. The number of rotatable bonds is 9. The Labute approximate surface area is 128 Å². The van der Waals surface area contributed by atoms with Gasteiger partial charge in [-0.15, -0.1) is 0 Å². The Morgan fingerprint density at radius 3 is 2.14 bits per heavy atom. The topological polar surface area (TPSA) is 41.6 Å². The van der Waals surface area contributed by atoms with Crippen LogP contribution >= 0.6 is 0 Å². The van der Waals surface area contributed by atoms with Crippen molar-refractivity contribution >= 4 is 6.03 Å². The molecule has 0 aliphatic carbocycles. The molecule has 0 unspecified atom stereocenters. The lowest BCUT2D eigenvalue weighted by Gasteiger charge is -2.22. The van der Waals surface area contributed by atoms with E-state index in [-0.39, 0.29) is 6.03 Å². The van der Waals surface area contributed by atoms with E-state index in [0.717, 1.165) is 50.1 Å². The van der Waals surface area contributed by atoms with Crippen molar-refractivity contribution in [1.29, 1.82) is 0 Å². The average molecular weight is 292 g/mol. The average Bonchev–Trinajstić information content (AvgIpc) is 2.53. The molecule has 21 heavy (non-hydrogen) atoms. The Morgan fingerprint density at radius 1 is 1.10 bits per heavy atom. The number of hydrogen-bond donors (Lipinski definition) is 1. The first-order valence-electron chi connectivity index (χ1n) is 7.87. The predicted octanol–water partition coefficient (Wildman–Crippen LogP) is 3.81. The van der Waals surface area contributed by atoms with E-state index in [1.54, 1.807) is 7.11 Å². The van der Waals surface area contributed by atoms with Crippen LogP contribution in [0.25, 0.3) is 0 Å². The van der Waals surface area contributed by atoms with Crippen molar-refractivity contribution in [1.82, 2.24) is 10.2 Å². The first kappa shape index (κ1) is 17.3. The molecule has 0 atom stereocenters. The number of methoxy groups -OCH3 is 1. The second-order valence-electron chi connectivity index (χ2n) is 5.20. The normalized spacial score (nSPS) is 10.2. The lowest BCUT2D eigenvalue weighted by Crippen LogP contribution is -2.40. The maximum absolute atomic E-state index is 12.2. The number of carbonyl (C=O) groups is 1. The fourth-order valence-corrected chi connectivity index (χ4v) is 2.05. The molecule has 4 heteroatoms. The summed E-state index contributed by atoms with van der Waals surface area (Å²) in [6.07, 6.45) is 4.32. The van der Waals surface area contributed by atoms with Crippen molar-refractivity contribution in [3.8, 4) is 5.75 Å². The van der Waals surface area contributed by atoms with E-state index in [1.807, 2.05) is 29.2 Å². The summed E-state index contributed by atoms with van der Waals surface area (Å²) in [4.78, 5) is 14.2. The minimum atomic E-state index is 0.0349. The molecule has 0 fully saturated rings. The molecule has 0 aliphatic heterocycles. The summed E-state index contributed by atoms with van der Waals surface area (Å²) >= 11 is 0. The van der Waals surface area contributed by atoms with Gasteiger partial charge >= 0.3 is 6.03 Å². The number of urea groups is 1. The van der Waals surface area contributed by atoms with Gasteiger partial charge in [0.1, 0.15) is 5.75 Å². The number of nitrogens with zero attached hydrogens (tertiary/aromatic N) is 1. The molecule has 1 aromatic rings. The summed E-state index contributed by atoms with van der Waals surface area (Å²) in [5.41, 5.74) is 1.08. The monoisotopic (exact) mass is 292 g/mol. The third-order valence-electron chi connectivity index (χ3n) is 3.45. The van der Waals surface area contributed by atoms with Gasteiger partial charge < -0.3 is 15.0 Å². The van der Waals surface area contributed by atoms with Gasteiger partial charge in [-0.05, 0) is 30.5 Å². The van der Waals surface area contributed by atoms with Crippen molar-refractivity contribution in [3.05, 3.63) is 29.8 Å². The number of carbonyl (C=O) groups excluding carboxylic acids is 1. The SMILES string of the molecule is CCCCN(CCCC)C(=O)NCc1ccc(OC)cc1. The summed E-state index contributed by atoms with van der Waals surface area (Å²) in [5, 5.41) is 3.00. The van der Waals surface area contributed by atoms with Gasteiger partial charge in [0.05, 0.1) is 7.11 Å². The molecule has 0 bridgehead atoms. The molecule has 0 saturated heterocycles. The Morgan fingerprint density at radius 2 is 1.67 bits per heavy atom. The van der Waals surface area contributed by atoms with E-state index in [4.69, 9.17) is 4.74 Å². The highest BCUT2D eigenvalue weighted by atomic mass is 16.5. The fraction of sp³-hybridized carbons (Fsp3) is 0.588. The number of amides is 2. The molecule has 1 rings (SSSR count). The molecule has 1 aromatic carbocycles. The summed E-state index contributed by atoms with van der Waals surface area (Å²) in [5.74, 6) is 0.831. The lowest BCUT2D eigenvalue weighted by molar-refractivity contribution is 0.195. The molecule has 1 N–H and O–H groups in total. The van der Waals surface area contributed by atoms with Gasteiger partial charge in [0.15, 0.2) is 0 Å². The van der Waals surface area contributed by atoms with Crippen LogP contribution in [0.15, 0.2) is 24.3 Å². The van der Waals surface area contributed by atoms with Gasteiger partial charge in [-0.3, -0.25) is 0 Å². The number of unbranched alkanes of at least 4 members (excludes halogenated alkanes) is 2. The van der Waals surface area contributed by atoms with Gasteiger partial charge in [-0.25, -0.2) is 4.79 Å². The standard InChI is InChI=1S/C17H28N2O2/c1-4-6-12-19(13-7-5-2)17(20)18-14-15-8-10-16(21-3)11-9-15/h8-11H,4-7,12-14H2,1-3H3,(H,18,20). The zero-order valence-corrected chi connectivity index (χ0v) is 13.5. The zero-order chi connectivity index (χ0) is 15.5. The van der Waals surface area contributed by atoms with Crippen LogP contribution in [0.2, 0.25) is 0 Å². The predicted molar refractivity (Wildman–Crippen MR) is 86.6 cm³/mol. The maximum Gasteiger partial charge on any atom is 0.317 e. The van der Waals surface area contributed by atoms with Crippen LogP contribution in [0, 0.1) is 0 Å². The van der Waals surface area contributed by atoms with E-state index in [0.29, 0.717) is 6.54 Å². The molecule has 118 valence electrons. The highest BCUT2D eigenvalue weighted by molar-refractivity contribution is 5.74. The highest BCUT2D eigenvalue weighted by Crippen LogP contribution is 2.11. The van der Waals surface area contributed by atoms with E-state index < -0.39 is 0 Å². The van der Waals surface area contributed by atoms with Crippen LogP contribution in [0.5, 0.6) is 5.75 Å². The Balaban J connectivity index is 2.46. The fourth-order valence-electron chi connectivity index (χ4n) is 2.05. The number of nitrogens with one attached hydrogen (secondary N) is 1. The quantitative estimate of drug-likeness (QED) is 0.752. The van der Waals surface area contributed by atoms with Crippen LogP contribution in [0.3, 0.4) is 0 Å². The highest BCUT2D eigenvalue weighted by Gasteiger charge is 2.11. The molecular weight excluding hydrogens is 264 g/mol. The molecule has 4 nitrogen and oxygen atoms in total. The summed E-state index contributed by atoms with van der Waals surface area (Å²) in [7, 11) is 1.65. The Hall–Kier alpha value is -1.71. The van der Waals surface area contributed by atoms with E-state index >= 15 is 0 Å². The van der Waals surface area contributed by atoms with Gasteiger partial charge in [-0.2, -0.15) is 0 Å². The van der Waals surface area contributed by atoms with E-state index in [1.165, 1.54) is 0 Å². The first-order valence-corrected chi connectivity index (χ1v) is 7.87. The zero-order valence-electron chi connectivity index (χ0n) is 13.5. The lowest BCUT2D eigenvalue weighted by atomic mass is 10.2. The number of ether oxygens (including phenoxy) is 1. The molecular formula is C17H28N2O2. The largest absolute Gasteiger partial charge is 0.497 e. The van der Waals surface area contributed by atoms with Gasteiger partial charge in [0, 0.05) is 19.6 Å². The Bertz CT molecular complexity index is 396. The molecule has 0 heterocycles. The van der Waals surface area contributed by atoms with E-state index in [9.17, 15) is 4.79 Å². The van der Waals surface area contributed by atoms with Crippen molar-refractivity contribution in [2.45, 2.75) is 46.1 Å². The minimum absolute atomic E-state index is 0.0349. The third-order valence-corrected chi connectivity index (χ3v) is 3.45.